The molecule has 0 unspecified atom stereocenters. The Morgan fingerprint density at radius 2 is 2.08 bits per heavy atom. The molecule has 0 aliphatic carbocycles. The van der Waals surface area contributed by atoms with Crippen LogP contribution in [-0.2, 0) is 20.9 Å². The maximum Gasteiger partial charge on any atom is 0.223 e. The van der Waals surface area contributed by atoms with Gasteiger partial charge in [0.1, 0.15) is 0 Å². The molecule has 144 valence electrons. The van der Waals surface area contributed by atoms with Gasteiger partial charge in [0.25, 0.3) is 0 Å². The molecule has 2 saturated heterocycles. The molecule has 0 N–H and O–H groups in total. The molecule has 2 amide bonds. The summed E-state index contributed by atoms with van der Waals surface area (Å²) in [5, 5.41) is 0. The van der Waals surface area contributed by atoms with Gasteiger partial charge in [0.2, 0.25) is 11.8 Å². The van der Waals surface area contributed by atoms with Crippen LogP contribution in [0.4, 0.5) is 0 Å². The molecule has 0 saturated carbocycles. The van der Waals surface area contributed by atoms with E-state index in [1.165, 1.54) is 0 Å². The zero-order valence-corrected chi connectivity index (χ0v) is 15.7. The SMILES string of the molecule is COCCCN1CC2(CCN(C(=O)CCCn3ccnc3)CC2)CC1=O. The number of carbonyl (C=O) groups excluding carboxylic acids is 2. The van der Waals surface area contributed by atoms with Gasteiger partial charge in [-0.3, -0.25) is 9.59 Å². The lowest BCUT2D eigenvalue weighted by molar-refractivity contribution is -0.133. The summed E-state index contributed by atoms with van der Waals surface area (Å²) in [6, 6.07) is 0. The van der Waals surface area contributed by atoms with Crippen LogP contribution >= 0.6 is 0 Å². The van der Waals surface area contributed by atoms with E-state index in [1.807, 2.05) is 20.6 Å². The van der Waals surface area contributed by atoms with Gasteiger partial charge in [0.15, 0.2) is 0 Å². The Balaban J connectivity index is 1.40. The summed E-state index contributed by atoms with van der Waals surface area (Å²) in [6.45, 7) is 4.71. The van der Waals surface area contributed by atoms with E-state index < -0.39 is 0 Å². The Morgan fingerprint density at radius 1 is 1.27 bits per heavy atom. The molecule has 0 bridgehead atoms. The second-order valence-electron chi connectivity index (χ2n) is 7.62. The van der Waals surface area contributed by atoms with Gasteiger partial charge in [-0.1, -0.05) is 0 Å². The molecule has 3 heterocycles. The molecule has 26 heavy (non-hydrogen) atoms. The highest BCUT2D eigenvalue weighted by molar-refractivity contribution is 5.80. The van der Waals surface area contributed by atoms with Gasteiger partial charge in [0.05, 0.1) is 6.33 Å². The quantitative estimate of drug-likeness (QED) is 0.658. The molecule has 1 aromatic rings. The molecule has 7 heteroatoms. The molecule has 1 aromatic heterocycles. The van der Waals surface area contributed by atoms with E-state index >= 15 is 0 Å². The van der Waals surface area contributed by atoms with Crippen LogP contribution in [0.15, 0.2) is 18.7 Å². The highest BCUT2D eigenvalue weighted by Crippen LogP contribution is 2.41. The molecular formula is C19H30N4O3. The maximum absolute atomic E-state index is 12.4. The van der Waals surface area contributed by atoms with Crippen LogP contribution in [0.1, 0.15) is 38.5 Å². The van der Waals surface area contributed by atoms with E-state index in [1.54, 1.807) is 19.6 Å². The van der Waals surface area contributed by atoms with E-state index in [0.717, 1.165) is 58.4 Å². The van der Waals surface area contributed by atoms with Gasteiger partial charge in [-0.25, -0.2) is 4.98 Å². The largest absolute Gasteiger partial charge is 0.385 e. The number of aryl methyl sites for hydroxylation is 1. The van der Waals surface area contributed by atoms with Crippen LogP contribution in [0, 0.1) is 5.41 Å². The van der Waals surface area contributed by atoms with E-state index in [2.05, 4.69) is 4.98 Å². The van der Waals surface area contributed by atoms with E-state index in [4.69, 9.17) is 4.74 Å². The van der Waals surface area contributed by atoms with Gasteiger partial charge < -0.3 is 19.1 Å². The van der Waals surface area contributed by atoms with Gasteiger partial charge in [-0.05, 0) is 25.7 Å². The summed E-state index contributed by atoms with van der Waals surface area (Å²) in [6.07, 6.45) is 10.3. The number of imidazole rings is 1. The van der Waals surface area contributed by atoms with Gasteiger partial charge in [-0.2, -0.15) is 0 Å². The summed E-state index contributed by atoms with van der Waals surface area (Å²) >= 11 is 0. The number of carbonyl (C=O) groups is 2. The number of likely N-dealkylation sites (tertiary alicyclic amines) is 2. The Hall–Kier alpha value is -1.89. The fourth-order valence-electron chi connectivity index (χ4n) is 4.14. The van der Waals surface area contributed by atoms with Crippen molar-refractivity contribution in [3.05, 3.63) is 18.7 Å². The average molecular weight is 362 g/mol. The van der Waals surface area contributed by atoms with Crippen LogP contribution in [-0.4, -0.2) is 71.1 Å². The minimum Gasteiger partial charge on any atom is -0.385 e. The van der Waals surface area contributed by atoms with E-state index in [0.29, 0.717) is 19.4 Å². The maximum atomic E-state index is 12.4. The number of methoxy groups -OCH3 is 1. The first kappa shape index (κ1) is 18.9. The summed E-state index contributed by atoms with van der Waals surface area (Å²) in [5.41, 5.74) is 0.0811. The Kier molecular flexibility index (Phi) is 6.29. The summed E-state index contributed by atoms with van der Waals surface area (Å²) < 4.78 is 7.08. The molecule has 2 fully saturated rings. The van der Waals surface area contributed by atoms with Gasteiger partial charge in [0, 0.05) is 77.1 Å². The number of nitrogens with zero attached hydrogens (tertiary/aromatic N) is 4. The fourth-order valence-corrected chi connectivity index (χ4v) is 4.14. The van der Waals surface area contributed by atoms with Crippen molar-refractivity contribution < 1.29 is 14.3 Å². The third-order valence-electron chi connectivity index (χ3n) is 5.72. The number of ether oxygens (including phenoxy) is 1. The Labute approximate surface area is 155 Å². The van der Waals surface area contributed by atoms with Crippen molar-refractivity contribution >= 4 is 11.8 Å². The van der Waals surface area contributed by atoms with Gasteiger partial charge >= 0.3 is 0 Å². The van der Waals surface area contributed by atoms with E-state index in [9.17, 15) is 9.59 Å². The van der Waals surface area contributed by atoms with Crippen LogP contribution in [0.25, 0.3) is 0 Å². The van der Waals surface area contributed by atoms with Crippen molar-refractivity contribution in [2.45, 2.75) is 45.1 Å². The second-order valence-corrected chi connectivity index (χ2v) is 7.62. The lowest BCUT2D eigenvalue weighted by atomic mass is 9.77. The summed E-state index contributed by atoms with van der Waals surface area (Å²) in [4.78, 5) is 32.7. The van der Waals surface area contributed by atoms with Gasteiger partial charge in [-0.15, -0.1) is 0 Å². The van der Waals surface area contributed by atoms with Crippen molar-refractivity contribution in [2.24, 2.45) is 5.41 Å². The Morgan fingerprint density at radius 3 is 2.77 bits per heavy atom. The molecule has 3 rings (SSSR count). The molecule has 0 aromatic carbocycles. The monoisotopic (exact) mass is 362 g/mol. The predicted molar refractivity (Wildman–Crippen MR) is 97.4 cm³/mol. The number of amides is 2. The zero-order chi connectivity index (χ0) is 18.4. The predicted octanol–water partition coefficient (Wildman–Crippen LogP) is 1.54. The van der Waals surface area contributed by atoms with Crippen molar-refractivity contribution in [1.29, 1.82) is 0 Å². The molecule has 2 aliphatic heterocycles. The van der Waals surface area contributed by atoms with E-state index in [-0.39, 0.29) is 17.2 Å². The van der Waals surface area contributed by atoms with Crippen LogP contribution < -0.4 is 0 Å². The topological polar surface area (TPSA) is 67.7 Å². The lowest BCUT2D eigenvalue weighted by Crippen LogP contribution is -2.44. The first-order valence-electron chi connectivity index (χ1n) is 9.62. The molecule has 0 atom stereocenters. The Bertz CT molecular complexity index is 594. The minimum atomic E-state index is 0.0811. The number of aromatic nitrogens is 2. The van der Waals surface area contributed by atoms with Crippen LogP contribution in [0.2, 0.25) is 0 Å². The van der Waals surface area contributed by atoms with Crippen molar-refractivity contribution in [3.63, 3.8) is 0 Å². The first-order chi connectivity index (χ1) is 12.6. The molecular weight excluding hydrogens is 332 g/mol. The highest BCUT2D eigenvalue weighted by Gasteiger charge is 2.45. The molecule has 0 radical (unpaired) electrons. The van der Waals surface area contributed by atoms with Crippen molar-refractivity contribution in [1.82, 2.24) is 19.4 Å². The highest BCUT2D eigenvalue weighted by atomic mass is 16.5. The fraction of sp³-hybridized carbons (Fsp3) is 0.737. The van der Waals surface area contributed by atoms with Crippen molar-refractivity contribution in [2.75, 3.05) is 39.9 Å². The average Bonchev–Trinajstić information content (AvgIpc) is 3.24. The van der Waals surface area contributed by atoms with Crippen LogP contribution in [0.3, 0.4) is 0 Å². The summed E-state index contributed by atoms with van der Waals surface area (Å²) in [5.74, 6) is 0.502. The molecule has 2 aliphatic rings. The van der Waals surface area contributed by atoms with Crippen molar-refractivity contribution in [3.8, 4) is 0 Å². The smallest absolute Gasteiger partial charge is 0.223 e. The third-order valence-corrected chi connectivity index (χ3v) is 5.72. The second kappa shape index (κ2) is 8.66. The number of piperidine rings is 1. The number of hydrogen-bond donors (Lipinski definition) is 0. The van der Waals surface area contributed by atoms with Crippen LogP contribution in [0.5, 0.6) is 0 Å². The molecule has 1 spiro atoms. The standard InChI is InChI=1S/C19H30N4O3/c1-26-13-3-9-23-15-19(14-18(23)25)5-10-22(11-6-19)17(24)4-2-8-21-12-7-20-16-21/h7,12,16H,2-6,8-11,13-15H2,1H3. The first-order valence-corrected chi connectivity index (χ1v) is 9.62. The number of hydrogen-bond acceptors (Lipinski definition) is 4. The normalized spacial score (nSPS) is 19.5. The number of rotatable bonds is 8. The lowest BCUT2D eigenvalue weighted by Gasteiger charge is -2.39. The summed E-state index contributed by atoms with van der Waals surface area (Å²) in [7, 11) is 1.69. The zero-order valence-electron chi connectivity index (χ0n) is 15.7. The molecule has 7 nitrogen and oxygen atoms in total. The third kappa shape index (κ3) is 4.63. The minimum absolute atomic E-state index is 0.0811.